The zero-order chi connectivity index (χ0) is 21.5. The summed E-state index contributed by atoms with van der Waals surface area (Å²) in [5, 5.41) is 6.99. The Kier molecular flexibility index (Phi) is 8.96. The van der Waals surface area contributed by atoms with E-state index in [1.807, 2.05) is 6.92 Å². The lowest BCUT2D eigenvalue weighted by Gasteiger charge is -2.13. The van der Waals surface area contributed by atoms with E-state index in [9.17, 15) is 4.79 Å². The second kappa shape index (κ2) is 11.4. The van der Waals surface area contributed by atoms with Crippen LogP contribution in [0.5, 0.6) is 11.5 Å². The molecule has 31 heavy (non-hydrogen) atoms. The highest BCUT2D eigenvalue weighted by molar-refractivity contribution is 6.34. The molecule has 0 saturated carbocycles. The molecule has 0 atom stereocenters. The number of benzene rings is 2. The Morgan fingerprint density at radius 1 is 1.10 bits per heavy atom. The Morgan fingerprint density at radius 2 is 1.84 bits per heavy atom. The first kappa shape index (κ1) is 24.3. The topological polar surface area (TPSA) is 94.6 Å². The molecule has 0 bridgehead atoms. The van der Waals surface area contributed by atoms with E-state index < -0.39 is 6.09 Å². The number of rotatable bonds is 8. The molecule has 0 saturated heterocycles. The van der Waals surface area contributed by atoms with Crippen molar-refractivity contribution in [2.75, 3.05) is 31.5 Å². The van der Waals surface area contributed by atoms with Crippen molar-refractivity contribution in [1.29, 1.82) is 0 Å². The summed E-state index contributed by atoms with van der Waals surface area (Å²) in [6, 6.07) is 8.75. The monoisotopic (exact) mass is 466 g/mol. The molecular weight excluding hydrogens is 443 g/mol. The molecule has 3 rings (SSSR count). The number of fused-ring (bicyclic) bond motifs is 1. The average Bonchev–Trinajstić information content (AvgIpc) is 2.75. The highest BCUT2D eigenvalue weighted by Crippen LogP contribution is 2.35. The molecule has 0 unspecified atom stereocenters. The third-order valence-electron chi connectivity index (χ3n) is 4.34. The first-order chi connectivity index (χ1) is 14.5. The maximum absolute atomic E-state index is 11.8. The van der Waals surface area contributed by atoms with Crippen LogP contribution in [0.15, 0.2) is 36.7 Å². The number of carbonyl (C=O) groups excluding carboxylic acids is 1. The Bertz CT molecular complexity index is 1050. The van der Waals surface area contributed by atoms with Crippen LogP contribution < -0.4 is 20.1 Å². The standard InChI is InChI=1S/C21H23ClN4O4.ClH/c1-4-5-8-30-21(27)26-16-7-6-13(9-15(16)22)25-20-14-10-18(28-2)19(29-3)11-17(14)23-12-24-20;/h6-7,9-12H,4-5,8H2,1-3H3,(H,26,27)(H,23,24,25);1H. The van der Waals surface area contributed by atoms with Crippen molar-refractivity contribution in [2.45, 2.75) is 19.8 Å². The third-order valence-corrected chi connectivity index (χ3v) is 4.65. The molecule has 3 aromatic rings. The van der Waals surface area contributed by atoms with Gasteiger partial charge < -0.3 is 19.5 Å². The first-order valence-corrected chi connectivity index (χ1v) is 9.80. The molecule has 0 aliphatic carbocycles. The van der Waals surface area contributed by atoms with Crippen molar-refractivity contribution in [2.24, 2.45) is 0 Å². The van der Waals surface area contributed by atoms with E-state index in [-0.39, 0.29) is 12.4 Å². The highest BCUT2D eigenvalue weighted by atomic mass is 35.5. The van der Waals surface area contributed by atoms with Gasteiger partial charge in [-0.3, -0.25) is 5.32 Å². The van der Waals surface area contributed by atoms with E-state index in [4.69, 9.17) is 25.8 Å². The molecule has 10 heteroatoms. The molecule has 0 radical (unpaired) electrons. The second-order valence-corrected chi connectivity index (χ2v) is 6.79. The number of anilines is 3. The molecule has 1 aromatic heterocycles. The third kappa shape index (κ3) is 6.02. The number of nitrogens with zero attached hydrogens (tertiary/aromatic N) is 2. The Hall–Kier alpha value is -2.97. The zero-order valence-electron chi connectivity index (χ0n) is 17.4. The molecule has 1 heterocycles. The number of amides is 1. The van der Waals surface area contributed by atoms with Crippen molar-refractivity contribution in [3.63, 3.8) is 0 Å². The number of ether oxygens (including phenoxy) is 3. The van der Waals surface area contributed by atoms with Crippen molar-refractivity contribution >= 4 is 58.2 Å². The van der Waals surface area contributed by atoms with E-state index >= 15 is 0 Å². The smallest absolute Gasteiger partial charge is 0.411 e. The zero-order valence-corrected chi connectivity index (χ0v) is 19.0. The van der Waals surface area contributed by atoms with Crippen LogP contribution >= 0.6 is 24.0 Å². The van der Waals surface area contributed by atoms with E-state index in [0.29, 0.717) is 45.8 Å². The average molecular weight is 467 g/mol. The Labute approximate surface area is 191 Å². The Morgan fingerprint density at radius 3 is 2.52 bits per heavy atom. The normalized spacial score (nSPS) is 10.2. The number of carbonyl (C=O) groups is 1. The maximum atomic E-state index is 11.8. The van der Waals surface area contributed by atoms with Crippen LogP contribution in [0.2, 0.25) is 5.02 Å². The van der Waals surface area contributed by atoms with Gasteiger partial charge in [0.2, 0.25) is 0 Å². The number of nitrogens with one attached hydrogen (secondary N) is 2. The van der Waals surface area contributed by atoms with Gasteiger partial charge in [-0.1, -0.05) is 24.9 Å². The van der Waals surface area contributed by atoms with Crippen molar-refractivity contribution < 1.29 is 19.0 Å². The number of hydrogen-bond acceptors (Lipinski definition) is 7. The number of hydrogen-bond donors (Lipinski definition) is 2. The summed E-state index contributed by atoms with van der Waals surface area (Å²) in [5.74, 6) is 1.73. The highest BCUT2D eigenvalue weighted by Gasteiger charge is 2.12. The van der Waals surface area contributed by atoms with Gasteiger partial charge in [0.15, 0.2) is 11.5 Å². The van der Waals surface area contributed by atoms with Crippen LogP contribution in [-0.4, -0.2) is 36.9 Å². The van der Waals surface area contributed by atoms with E-state index in [2.05, 4.69) is 20.6 Å². The van der Waals surface area contributed by atoms with Gasteiger partial charge >= 0.3 is 6.09 Å². The summed E-state index contributed by atoms with van der Waals surface area (Å²) in [6.45, 7) is 2.39. The molecule has 0 aliphatic heterocycles. The predicted molar refractivity (Wildman–Crippen MR) is 125 cm³/mol. The van der Waals surface area contributed by atoms with Crippen LogP contribution in [0, 0.1) is 0 Å². The predicted octanol–water partition coefficient (Wildman–Crippen LogP) is 5.81. The van der Waals surface area contributed by atoms with Gasteiger partial charge in [-0.25, -0.2) is 14.8 Å². The van der Waals surface area contributed by atoms with Gasteiger partial charge in [0, 0.05) is 17.1 Å². The summed E-state index contributed by atoms with van der Waals surface area (Å²) in [7, 11) is 3.14. The fourth-order valence-corrected chi connectivity index (χ4v) is 3.00. The van der Waals surface area contributed by atoms with Crippen LogP contribution in [0.3, 0.4) is 0 Å². The summed E-state index contributed by atoms with van der Waals surface area (Å²) in [4.78, 5) is 20.4. The van der Waals surface area contributed by atoms with Gasteiger partial charge in [-0.2, -0.15) is 0 Å². The molecule has 2 aromatic carbocycles. The lowest BCUT2D eigenvalue weighted by molar-refractivity contribution is 0.160. The van der Waals surface area contributed by atoms with Crippen molar-refractivity contribution in [3.05, 3.63) is 41.7 Å². The van der Waals surface area contributed by atoms with Crippen LogP contribution in [0.1, 0.15) is 19.8 Å². The van der Waals surface area contributed by atoms with Crippen molar-refractivity contribution in [3.8, 4) is 11.5 Å². The van der Waals surface area contributed by atoms with Gasteiger partial charge in [-0.15, -0.1) is 12.4 Å². The first-order valence-electron chi connectivity index (χ1n) is 9.42. The maximum Gasteiger partial charge on any atom is 0.411 e. The summed E-state index contributed by atoms with van der Waals surface area (Å²) >= 11 is 6.33. The molecule has 0 fully saturated rings. The SMILES string of the molecule is CCCCOC(=O)Nc1ccc(Nc2ncnc3cc(OC)c(OC)cc23)cc1Cl.Cl. The molecule has 8 nitrogen and oxygen atoms in total. The van der Waals surface area contributed by atoms with E-state index in [1.165, 1.54) is 6.33 Å². The molecule has 0 spiro atoms. The summed E-state index contributed by atoms with van der Waals surface area (Å²) in [6.07, 6.45) is 2.69. The molecule has 1 amide bonds. The minimum absolute atomic E-state index is 0. The largest absolute Gasteiger partial charge is 0.493 e. The summed E-state index contributed by atoms with van der Waals surface area (Å²) < 4.78 is 15.8. The quantitative estimate of drug-likeness (QED) is 0.404. The molecular formula is C21H24Cl2N4O4. The lowest BCUT2D eigenvalue weighted by Crippen LogP contribution is -2.14. The second-order valence-electron chi connectivity index (χ2n) is 6.38. The fraction of sp³-hybridized carbons (Fsp3) is 0.286. The van der Waals surface area contributed by atoms with Crippen LogP contribution in [0.25, 0.3) is 10.9 Å². The minimum atomic E-state index is -0.533. The fourth-order valence-electron chi connectivity index (χ4n) is 2.77. The lowest BCUT2D eigenvalue weighted by atomic mass is 10.2. The van der Waals surface area contributed by atoms with Crippen LogP contribution in [0.4, 0.5) is 22.0 Å². The van der Waals surface area contributed by atoms with Gasteiger partial charge in [0.25, 0.3) is 0 Å². The number of methoxy groups -OCH3 is 2. The molecule has 166 valence electrons. The minimum Gasteiger partial charge on any atom is -0.493 e. The van der Waals surface area contributed by atoms with Gasteiger partial charge in [-0.05, 0) is 30.7 Å². The number of halogens is 2. The molecule has 2 N–H and O–H groups in total. The molecule has 0 aliphatic rings. The number of aromatic nitrogens is 2. The summed E-state index contributed by atoms with van der Waals surface area (Å²) in [5.41, 5.74) is 1.85. The van der Waals surface area contributed by atoms with Crippen molar-refractivity contribution in [1.82, 2.24) is 9.97 Å². The van der Waals surface area contributed by atoms with Crippen LogP contribution in [-0.2, 0) is 4.74 Å². The van der Waals surface area contributed by atoms with E-state index in [1.54, 1.807) is 44.6 Å². The van der Waals surface area contributed by atoms with Gasteiger partial charge in [0.1, 0.15) is 12.1 Å². The van der Waals surface area contributed by atoms with Gasteiger partial charge in [0.05, 0.1) is 37.1 Å². The van der Waals surface area contributed by atoms with E-state index in [0.717, 1.165) is 18.2 Å². The number of unbranched alkanes of at least 4 members (excludes halogenated alkanes) is 1. The Balaban J connectivity index is 0.00000341.